The van der Waals surface area contributed by atoms with Gasteiger partial charge < -0.3 is 18.9 Å². The summed E-state index contributed by atoms with van der Waals surface area (Å²) in [7, 11) is 4.87. The van der Waals surface area contributed by atoms with Gasteiger partial charge in [0.2, 0.25) is 5.13 Å². The number of methoxy groups -OCH3 is 3. The molecule has 0 radical (unpaired) electrons. The first kappa shape index (κ1) is 21.4. The van der Waals surface area contributed by atoms with E-state index in [-0.39, 0.29) is 0 Å². The minimum absolute atomic E-state index is 0.650. The molecular formula is C22H25N3O4S. The highest BCUT2D eigenvalue weighted by atomic mass is 32.1. The Kier molecular flexibility index (Phi) is 7.51. The summed E-state index contributed by atoms with van der Waals surface area (Å²) in [5.41, 5.74) is 5.54. The van der Waals surface area contributed by atoms with Gasteiger partial charge >= 0.3 is 0 Å². The molecule has 0 atom stereocenters. The van der Waals surface area contributed by atoms with Gasteiger partial charge in [-0.25, -0.2) is 4.98 Å². The second-order valence-corrected chi connectivity index (χ2v) is 7.09. The number of rotatable bonds is 10. The second kappa shape index (κ2) is 10.5. The van der Waals surface area contributed by atoms with Crippen LogP contribution in [-0.2, 0) is 0 Å². The molecule has 0 unspecified atom stereocenters. The topological polar surface area (TPSA) is 74.2 Å². The number of nitrogens with one attached hydrogen (secondary N) is 1. The van der Waals surface area contributed by atoms with Crippen LogP contribution in [0.25, 0.3) is 11.3 Å². The van der Waals surface area contributed by atoms with E-state index in [1.165, 1.54) is 11.3 Å². The lowest BCUT2D eigenvalue weighted by Gasteiger charge is -2.10. The van der Waals surface area contributed by atoms with Gasteiger partial charge in [-0.05, 0) is 42.3 Å². The molecule has 0 saturated heterocycles. The lowest BCUT2D eigenvalue weighted by molar-refractivity contribution is 0.294. The zero-order chi connectivity index (χ0) is 21.3. The first-order valence-corrected chi connectivity index (χ1v) is 10.3. The number of benzene rings is 2. The summed E-state index contributed by atoms with van der Waals surface area (Å²) in [4.78, 5) is 4.59. The maximum absolute atomic E-state index is 5.67. The molecule has 7 nitrogen and oxygen atoms in total. The van der Waals surface area contributed by atoms with E-state index < -0.39 is 0 Å². The predicted molar refractivity (Wildman–Crippen MR) is 121 cm³/mol. The molecule has 1 N–H and O–H groups in total. The lowest BCUT2D eigenvalue weighted by Crippen LogP contribution is -1.98. The first-order chi connectivity index (χ1) is 14.7. The lowest BCUT2D eigenvalue weighted by atomic mass is 10.1. The summed E-state index contributed by atoms with van der Waals surface area (Å²) in [6.07, 6.45) is 2.65. The maximum Gasteiger partial charge on any atom is 0.203 e. The standard InChI is InChI=1S/C22H25N3O4S/c1-5-10-29-19-9-6-15(11-21(19)28-4)13-23-25-22-24-18(14-30-22)17-8-7-16(26-2)12-20(17)27-3/h6-9,11-14H,5,10H2,1-4H3,(H,24,25)/b23-13-. The third-order valence-corrected chi connectivity index (χ3v) is 4.96. The van der Waals surface area contributed by atoms with Crippen molar-refractivity contribution in [3.8, 4) is 34.3 Å². The Bertz CT molecular complexity index is 1000. The fraction of sp³-hybridized carbons (Fsp3) is 0.273. The van der Waals surface area contributed by atoms with Crippen LogP contribution in [-0.4, -0.2) is 39.1 Å². The molecule has 0 spiro atoms. The van der Waals surface area contributed by atoms with Crippen LogP contribution in [0, 0.1) is 0 Å². The van der Waals surface area contributed by atoms with Crippen LogP contribution >= 0.6 is 11.3 Å². The summed E-state index contributed by atoms with van der Waals surface area (Å²) < 4.78 is 21.8. The van der Waals surface area contributed by atoms with E-state index in [0.717, 1.165) is 34.7 Å². The molecule has 0 bridgehead atoms. The monoisotopic (exact) mass is 427 g/mol. The Balaban J connectivity index is 1.69. The second-order valence-electron chi connectivity index (χ2n) is 6.23. The fourth-order valence-corrected chi connectivity index (χ4v) is 3.38. The van der Waals surface area contributed by atoms with Crippen LogP contribution in [0.5, 0.6) is 23.0 Å². The largest absolute Gasteiger partial charge is 0.497 e. The summed E-state index contributed by atoms with van der Waals surface area (Å²) in [6, 6.07) is 11.3. The molecule has 3 rings (SSSR count). The quantitative estimate of drug-likeness (QED) is 0.360. The first-order valence-electron chi connectivity index (χ1n) is 9.46. The van der Waals surface area contributed by atoms with Crippen molar-refractivity contribution >= 4 is 22.7 Å². The van der Waals surface area contributed by atoms with Gasteiger partial charge in [0.1, 0.15) is 11.5 Å². The van der Waals surface area contributed by atoms with E-state index in [1.807, 2.05) is 41.8 Å². The zero-order valence-corrected chi connectivity index (χ0v) is 18.3. The number of ether oxygens (including phenoxy) is 4. The van der Waals surface area contributed by atoms with Crippen molar-refractivity contribution in [2.45, 2.75) is 13.3 Å². The van der Waals surface area contributed by atoms with Crippen LogP contribution in [0.2, 0.25) is 0 Å². The molecule has 0 saturated carbocycles. The van der Waals surface area contributed by atoms with Crippen molar-refractivity contribution < 1.29 is 18.9 Å². The zero-order valence-electron chi connectivity index (χ0n) is 17.5. The number of aromatic nitrogens is 1. The Morgan fingerprint density at radius 2 is 1.83 bits per heavy atom. The van der Waals surface area contributed by atoms with Gasteiger partial charge in [-0.1, -0.05) is 6.92 Å². The van der Waals surface area contributed by atoms with Gasteiger partial charge in [0, 0.05) is 17.0 Å². The predicted octanol–water partition coefficient (Wildman–Crippen LogP) is 5.07. The smallest absolute Gasteiger partial charge is 0.203 e. The van der Waals surface area contributed by atoms with Crippen LogP contribution in [0.3, 0.4) is 0 Å². The normalized spacial score (nSPS) is 10.8. The van der Waals surface area contributed by atoms with Crippen molar-refractivity contribution in [3.05, 3.63) is 47.3 Å². The number of anilines is 1. The number of hydrogen-bond donors (Lipinski definition) is 1. The van der Waals surface area contributed by atoms with Crippen LogP contribution in [0.15, 0.2) is 46.9 Å². The van der Waals surface area contributed by atoms with E-state index in [2.05, 4.69) is 22.4 Å². The summed E-state index contributed by atoms with van der Waals surface area (Å²) in [5, 5.41) is 6.91. The van der Waals surface area contributed by atoms with Gasteiger partial charge in [0.25, 0.3) is 0 Å². The van der Waals surface area contributed by atoms with Gasteiger partial charge in [0.15, 0.2) is 11.5 Å². The molecule has 1 aromatic heterocycles. The van der Waals surface area contributed by atoms with Gasteiger partial charge in [-0.2, -0.15) is 5.10 Å². The molecule has 0 aliphatic carbocycles. The summed E-state index contributed by atoms with van der Waals surface area (Å²) in [5.74, 6) is 2.83. The number of hydrogen-bond acceptors (Lipinski definition) is 8. The van der Waals surface area contributed by atoms with Crippen molar-refractivity contribution in [3.63, 3.8) is 0 Å². The third kappa shape index (κ3) is 5.21. The van der Waals surface area contributed by atoms with E-state index in [4.69, 9.17) is 18.9 Å². The van der Waals surface area contributed by atoms with Crippen LogP contribution in [0.4, 0.5) is 5.13 Å². The Morgan fingerprint density at radius 3 is 2.57 bits per heavy atom. The highest BCUT2D eigenvalue weighted by Gasteiger charge is 2.11. The van der Waals surface area contributed by atoms with Crippen molar-refractivity contribution in [2.75, 3.05) is 33.4 Å². The van der Waals surface area contributed by atoms with E-state index in [9.17, 15) is 0 Å². The molecule has 0 fully saturated rings. The molecule has 1 heterocycles. The minimum atomic E-state index is 0.650. The fourth-order valence-electron chi connectivity index (χ4n) is 2.72. The highest BCUT2D eigenvalue weighted by Crippen LogP contribution is 2.35. The van der Waals surface area contributed by atoms with Crippen LogP contribution in [0.1, 0.15) is 18.9 Å². The maximum atomic E-state index is 5.67. The number of hydrazone groups is 1. The Labute approximate surface area is 180 Å². The minimum Gasteiger partial charge on any atom is -0.497 e. The van der Waals surface area contributed by atoms with Crippen molar-refractivity contribution in [2.24, 2.45) is 5.10 Å². The molecular weight excluding hydrogens is 402 g/mol. The Hall–Kier alpha value is -3.26. The summed E-state index contributed by atoms with van der Waals surface area (Å²) in [6.45, 7) is 2.71. The summed E-state index contributed by atoms with van der Waals surface area (Å²) >= 11 is 1.46. The molecule has 0 aliphatic rings. The number of nitrogens with zero attached hydrogens (tertiary/aromatic N) is 2. The van der Waals surface area contributed by atoms with Crippen LogP contribution < -0.4 is 24.4 Å². The van der Waals surface area contributed by atoms with E-state index >= 15 is 0 Å². The average Bonchev–Trinajstić information content (AvgIpc) is 3.26. The molecule has 3 aromatic rings. The third-order valence-electron chi connectivity index (χ3n) is 4.21. The van der Waals surface area contributed by atoms with E-state index in [1.54, 1.807) is 27.5 Å². The molecule has 0 amide bonds. The SMILES string of the molecule is CCCOc1ccc(/C=N\Nc2nc(-c3ccc(OC)cc3OC)cs2)cc1OC. The van der Waals surface area contributed by atoms with Gasteiger partial charge in [-0.3, -0.25) is 5.43 Å². The average molecular weight is 428 g/mol. The Morgan fingerprint density at radius 1 is 1.00 bits per heavy atom. The van der Waals surface area contributed by atoms with Crippen molar-refractivity contribution in [1.29, 1.82) is 0 Å². The van der Waals surface area contributed by atoms with E-state index in [0.29, 0.717) is 23.2 Å². The van der Waals surface area contributed by atoms with Gasteiger partial charge in [0.05, 0.1) is 39.8 Å². The molecule has 0 aliphatic heterocycles. The number of thiazole rings is 1. The molecule has 8 heteroatoms. The molecule has 158 valence electrons. The molecule has 2 aromatic carbocycles. The van der Waals surface area contributed by atoms with Crippen molar-refractivity contribution in [1.82, 2.24) is 4.98 Å². The van der Waals surface area contributed by atoms with Gasteiger partial charge in [-0.15, -0.1) is 11.3 Å². The highest BCUT2D eigenvalue weighted by molar-refractivity contribution is 7.14. The molecule has 30 heavy (non-hydrogen) atoms.